The number of ketones is 1. The smallest absolute Gasteiger partial charge is 0.196 e. The van der Waals surface area contributed by atoms with E-state index in [1.807, 2.05) is 77.7 Å². The number of aryl methyl sites for hydroxylation is 3. The number of benzene rings is 2. The number of carbonyl (C=O) groups is 1. The number of nitriles is 1. The lowest BCUT2D eigenvalue weighted by Gasteiger charge is -2.08. The van der Waals surface area contributed by atoms with Crippen LogP contribution in [0.15, 0.2) is 59.9 Å². The second-order valence-electron chi connectivity index (χ2n) is 7.07. The van der Waals surface area contributed by atoms with E-state index in [1.165, 1.54) is 17.3 Å². The zero-order chi connectivity index (χ0) is 21.1. The number of hydrogen-bond acceptors (Lipinski definition) is 5. The maximum absolute atomic E-state index is 13.1. The van der Waals surface area contributed by atoms with Crippen LogP contribution in [0.4, 0.5) is 0 Å². The number of rotatable bonds is 7. The molecule has 0 bridgehead atoms. The third kappa shape index (κ3) is 3.87. The molecular weight excluding hydrogens is 394 g/mol. The second-order valence-corrected chi connectivity index (χ2v) is 8.02. The highest BCUT2D eigenvalue weighted by atomic mass is 32.2. The van der Waals surface area contributed by atoms with Gasteiger partial charge in [0.05, 0.1) is 18.2 Å². The van der Waals surface area contributed by atoms with Crippen molar-refractivity contribution >= 4 is 28.4 Å². The molecule has 0 aliphatic carbocycles. The first-order chi connectivity index (χ1) is 14.6. The maximum atomic E-state index is 13.1. The van der Waals surface area contributed by atoms with E-state index in [2.05, 4.69) is 16.3 Å². The van der Waals surface area contributed by atoms with Gasteiger partial charge < -0.3 is 4.57 Å². The number of para-hydroxylation sites is 1. The number of carbonyl (C=O) groups excluding carboxylic acids is 1. The average Bonchev–Trinajstić information content (AvgIpc) is 3.32. The molecule has 0 amide bonds. The highest BCUT2D eigenvalue weighted by molar-refractivity contribution is 7.99. The molecule has 0 radical (unpaired) electrons. The Balaban J connectivity index is 1.58. The minimum absolute atomic E-state index is 0.0306. The molecule has 2 heterocycles. The normalized spacial score (nSPS) is 11.0. The van der Waals surface area contributed by atoms with Gasteiger partial charge in [-0.05, 0) is 32.0 Å². The molecule has 0 spiro atoms. The maximum Gasteiger partial charge on any atom is 0.196 e. The summed E-state index contributed by atoms with van der Waals surface area (Å²) in [5, 5.41) is 19.0. The number of nitrogens with zero attached hydrogens (tertiary/aromatic N) is 5. The largest absolute Gasteiger partial charge is 0.346 e. The number of fused-ring (bicyclic) bond motifs is 1. The third-order valence-electron chi connectivity index (χ3n) is 4.97. The lowest BCUT2D eigenvalue weighted by molar-refractivity contribution is 0.102. The molecule has 0 N–H and O–H groups in total. The molecule has 30 heavy (non-hydrogen) atoms. The van der Waals surface area contributed by atoms with Crippen LogP contribution < -0.4 is 0 Å². The van der Waals surface area contributed by atoms with Gasteiger partial charge in [0.25, 0.3) is 0 Å². The molecule has 0 unspecified atom stereocenters. The minimum Gasteiger partial charge on any atom is -0.346 e. The van der Waals surface area contributed by atoms with Crippen molar-refractivity contribution in [1.29, 1.82) is 5.26 Å². The summed E-state index contributed by atoms with van der Waals surface area (Å²) in [6.07, 6.45) is 2.26. The first kappa shape index (κ1) is 19.9. The van der Waals surface area contributed by atoms with Crippen LogP contribution >= 0.6 is 11.8 Å². The van der Waals surface area contributed by atoms with E-state index in [4.69, 9.17) is 5.26 Å². The highest BCUT2D eigenvalue weighted by Crippen LogP contribution is 2.26. The van der Waals surface area contributed by atoms with E-state index in [-0.39, 0.29) is 11.5 Å². The summed E-state index contributed by atoms with van der Waals surface area (Å²) in [7, 11) is 0. The van der Waals surface area contributed by atoms with Gasteiger partial charge in [-0.15, -0.1) is 10.2 Å². The topological polar surface area (TPSA) is 76.5 Å². The summed E-state index contributed by atoms with van der Waals surface area (Å²) >= 11 is 1.38. The summed E-state index contributed by atoms with van der Waals surface area (Å²) in [6, 6.07) is 18.1. The molecule has 6 nitrogen and oxygen atoms in total. The average molecular weight is 416 g/mol. The zero-order valence-corrected chi connectivity index (χ0v) is 17.7. The fourth-order valence-corrected chi connectivity index (χ4v) is 4.34. The number of hydrogen-bond donors (Lipinski definition) is 0. The summed E-state index contributed by atoms with van der Waals surface area (Å²) in [5.74, 6) is 1.07. The molecule has 0 saturated heterocycles. The molecule has 0 fully saturated rings. The quantitative estimate of drug-likeness (QED) is 0.322. The number of aromatic nitrogens is 4. The summed E-state index contributed by atoms with van der Waals surface area (Å²) in [5.41, 5.74) is 3.81. The zero-order valence-electron chi connectivity index (χ0n) is 16.9. The molecule has 0 aliphatic heterocycles. The molecule has 0 atom stereocenters. The first-order valence-corrected chi connectivity index (χ1v) is 10.7. The van der Waals surface area contributed by atoms with Gasteiger partial charge in [0.1, 0.15) is 5.82 Å². The van der Waals surface area contributed by atoms with Crippen molar-refractivity contribution < 1.29 is 4.79 Å². The second kappa shape index (κ2) is 8.56. The molecule has 7 heteroatoms. The van der Waals surface area contributed by atoms with Gasteiger partial charge in [-0.1, -0.05) is 47.7 Å². The molecule has 4 aromatic rings. The molecule has 2 aromatic carbocycles. The molecule has 0 saturated carbocycles. The van der Waals surface area contributed by atoms with Crippen LogP contribution in [0, 0.1) is 25.2 Å². The predicted molar refractivity (Wildman–Crippen MR) is 118 cm³/mol. The van der Waals surface area contributed by atoms with Crippen LogP contribution in [0.2, 0.25) is 0 Å². The van der Waals surface area contributed by atoms with Crippen LogP contribution in [0.1, 0.15) is 28.2 Å². The van der Waals surface area contributed by atoms with Crippen LogP contribution in [-0.4, -0.2) is 30.9 Å². The highest BCUT2D eigenvalue weighted by Gasteiger charge is 2.18. The summed E-state index contributed by atoms with van der Waals surface area (Å²) in [6.45, 7) is 4.52. The predicted octanol–water partition coefficient (Wildman–Crippen LogP) is 4.73. The summed E-state index contributed by atoms with van der Waals surface area (Å²) < 4.78 is 3.95. The van der Waals surface area contributed by atoms with Gasteiger partial charge in [0, 0.05) is 34.9 Å². The molecule has 4 rings (SSSR count). The Morgan fingerprint density at radius 3 is 2.63 bits per heavy atom. The van der Waals surface area contributed by atoms with Crippen molar-refractivity contribution in [2.75, 3.05) is 5.75 Å². The fourth-order valence-electron chi connectivity index (χ4n) is 3.46. The van der Waals surface area contributed by atoms with E-state index < -0.39 is 0 Å². The van der Waals surface area contributed by atoms with Crippen molar-refractivity contribution in [2.45, 2.75) is 32.0 Å². The van der Waals surface area contributed by atoms with Gasteiger partial charge in [-0.25, -0.2) is 0 Å². The standard InChI is InChI=1S/C23H21N5OS/c1-16-8-10-18(11-9-16)28-17(2)25-26-23(28)30-15-22(29)20-14-27(13-5-12-24)21-7-4-3-6-19(20)21/h3-4,6-11,14H,5,13,15H2,1-2H3. The lowest BCUT2D eigenvalue weighted by Crippen LogP contribution is -2.05. The van der Waals surface area contributed by atoms with E-state index in [0.29, 0.717) is 23.7 Å². The number of thioether (sulfide) groups is 1. The van der Waals surface area contributed by atoms with E-state index >= 15 is 0 Å². The lowest BCUT2D eigenvalue weighted by atomic mass is 10.1. The van der Waals surface area contributed by atoms with Crippen molar-refractivity contribution in [3.05, 3.63) is 71.7 Å². The first-order valence-electron chi connectivity index (χ1n) is 9.68. The van der Waals surface area contributed by atoms with Crippen LogP contribution in [0.25, 0.3) is 16.6 Å². The van der Waals surface area contributed by atoms with Crippen molar-refractivity contribution in [2.24, 2.45) is 0 Å². The van der Waals surface area contributed by atoms with Gasteiger partial charge in [0.15, 0.2) is 10.9 Å². The van der Waals surface area contributed by atoms with Crippen LogP contribution in [0.3, 0.4) is 0 Å². The Morgan fingerprint density at radius 2 is 1.87 bits per heavy atom. The Labute approximate surface area is 179 Å². The van der Waals surface area contributed by atoms with Gasteiger partial charge >= 0.3 is 0 Å². The van der Waals surface area contributed by atoms with E-state index in [0.717, 1.165) is 22.4 Å². The van der Waals surface area contributed by atoms with Crippen LogP contribution in [-0.2, 0) is 6.54 Å². The minimum atomic E-state index is 0.0306. The fraction of sp³-hybridized carbons (Fsp3) is 0.217. The van der Waals surface area contributed by atoms with Crippen molar-refractivity contribution in [3.63, 3.8) is 0 Å². The Hall–Kier alpha value is -3.37. The van der Waals surface area contributed by atoms with Crippen molar-refractivity contribution in [1.82, 2.24) is 19.3 Å². The Kier molecular flexibility index (Phi) is 5.68. The number of Topliss-reactive ketones (excluding diaryl/α,β-unsaturated/α-hetero) is 1. The van der Waals surface area contributed by atoms with Crippen LogP contribution in [0.5, 0.6) is 0 Å². The van der Waals surface area contributed by atoms with Gasteiger partial charge in [-0.3, -0.25) is 9.36 Å². The molecule has 150 valence electrons. The SMILES string of the molecule is Cc1ccc(-n2c(C)nnc2SCC(=O)c2cn(CCC#N)c3ccccc23)cc1. The van der Waals surface area contributed by atoms with E-state index in [9.17, 15) is 4.79 Å². The summed E-state index contributed by atoms with van der Waals surface area (Å²) in [4.78, 5) is 13.1. The Bertz CT molecular complexity index is 1250. The van der Waals surface area contributed by atoms with Gasteiger partial charge in [-0.2, -0.15) is 5.26 Å². The molecular formula is C23H21N5OS. The van der Waals surface area contributed by atoms with E-state index in [1.54, 1.807) is 0 Å². The van der Waals surface area contributed by atoms with Crippen molar-refractivity contribution in [3.8, 4) is 11.8 Å². The molecule has 2 aromatic heterocycles. The third-order valence-corrected chi connectivity index (χ3v) is 5.90. The monoisotopic (exact) mass is 415 g/mol. The van der Waals surface area contributed by atoms with Gasteiger partial charge in [0.2, 0.25) is 0 Å². The molecule has 0 aliphatic rings. The Morgan fingerprint density at radius 1 is 1.10 bits per heavy atom.